The Hall–Kier alpha value is -0.340. The molecular formula is C14H28O2. The summed E-state index contributed by atoms with van der Waals surface area (Å²) in [6.07, 6.45) is 2.27. The molecule has 0 aliphatic carbocycles. The Morgan fingerprint density at radius 1 is 1.06 bits per heavy atom. The monoisotopic (exact) mass is 228 g/mol. The van der Waals surface area contributed by atoms with Gasteiger partial charge < -0.3 is 9.47 Å². The molecule has 0 unspecified atom stereocenters. The van der Waals surface area contributed by atoms with Crippen molar-refractivity contribution in [1.29, 1.82) is 0 Å². The largest absolute Gasteiger partial charge is 0.359 e. The second-order valence-electron chi connectivity index (χ2n) is 5.09. The van der Waals surface area contributed by atoms with Gasteiger partial charge in [0.05, 0.1) is 6.10 Å². The zero-order valence-electron chi connectivity index (χ0n) is 11.7. The van der Waals surface area contributed by atoms with Crippen molar-refractivity contribution in [2.24, 2.45) is 23.7 Å². The van der Waals surface area contributed by atoms with Gasteiger partial charge in [-0.2, -0.15) is 0 Å². The van der Waals surface area contributed by atoms with E-state index in [4.69, 9.17) is 9.47 Å². The molecule has 96 valence electrons. The lowest BCUT2D eigenvalue weighted by Gasteiger charge is -2.33. The molecule has 0 aromatic rings. The third-order valence-electron chi connectivity index (χ3n) is 3.58. The highest BCUT2D eigenvalue weighted by atomic mass is 16.7. The highest BCUT2D eigenvalue weighted by Gasteiger charge is 2.28. The van der Waals surface area contributed by atoms with Crippen molar-refractivity contribution >= 4 is 0 Å². The molecule has 0 radical (unpaired) electrons. The summed E-state index contributed by atoms with van der Waals surface area (Å²) in [4.78, 5) is 0. The van der Waals surface area contributed by atoms with Crippen LogP contribution in [0.1, 0.15) is 34.6 Å². The predicted molar refractivity (Wildman–Crippen MR) is 69.3 cm³/mol. The summed E-state index contributed by atoms with van der Waals surface area (Å²) in [6, 6.07) is 0. The molecule has 0 saturated carbocycles. The standard InChI is InChI=1S/C14H28O2/c1-8-11(4)12(5)13(6)14(10(2)3)16-9-15-7/h8,10-14H,1,9H2,2-7H3/t11-,12-,13+,14-/m0/s1. The van der Waals surface area contributed by atoms with Crippen molar-refractivity contribution in [3.63, 3.8) is 0 Å². The van der Waals surface area contributed by atoms with E-state index in [-0.39, 0.29) is 6.10 Å². The molecule has 0 bridgehead atoms. The third kappa shape index (κ3) is 4.67. The normalized spacial score (nSPS) is 19.2. The van der Waals surface area contributed by atoms with E-state index in [1.165, 1.54) is 0 Å². The molecule has 0 N–H and O–H groups in total. The average molecular weight is 228 g/mol. The molecule has 0 spiro atoms. The van der Waals surface area contributed by atoms with Crippen LogP contribution < -0.4 is 0 Å². The Balaban J connectivity index is 4.46. The van der Waals surface area contributed by atoms with Crippen molar-refractivity contribution in [3.05, 3.63) is 12.7 Å². The molecule has 0 rings (SSSR count). The second kappa shape index (κ2) is 7.86. The lowest BCUT2D eigenvalue weighted by atomic mass is 9.79. The molecule has 0 amide bonds. The number of hydrogen-bond acceptors (Lipinski definition) is 2. The maximum atomic E-state index is 5.77. The molecule has 0 heterocycles. The van der Waals surface area contributed by atoms with Crippen molar-refractivity contribution in [3.8, 4) is 0 Å². The first kappa shape index (κ1) is 15.7. The number of methoxy groups -OCH3 is 1. The van der Waals surface area contributed by atoms with Crippen LogP contribution in [0.3, 0.4) is 0 Å². The molecule has 2 heteroatoms. The minimum atomic E-state index is 0.248. The molecule has 0 aromatic heterocycles. The zero-order valence-corrected chi connectivity index (χ0v) is 11.7. The van der Waals surface area contributed by atoms with Gasteiger partial charge in [-0.1, -0.05) is 40.7 Å². The van der Waals surface area contributed by atoms with Gasteiger partial charge >= 0.3 is 0 Å². The predicted octanol–water partition coefficient (Wildman–Crippen LogP) is 3.73. The second-order valence-corrected chi connectivity index (χ2v) is 5.09. The van der Waals surface area contributed by atoms with Crippen molar-refractivity contribution in [2.45, 2.75) is 40.7 Å². The molecule has 0 aliphatic heterocycles. The van der Waals surface area contributed by atoms with E-state index in [2.05, 4.69) is 41.2 Å². The van der Waals surface area contributed by atoms with E-state index in [9.17, 15) is 0 Å². The molecule has 16 heavy (non-hydrogen) atoms. The van der Waals surface area contributed by atoms with Gasteiger partial charge in [0.15, 0.2) is 0 Å². The summed E-state index contributed by atoms with van der Waals surface area (Å²) in [5.41, 5.74) is 0. The summed E-state index contributed by atoms with van der Waals surface area (Å²) in [7, 11) is 1.66. The third-order valence-corrected chi connectivity index (χ3v) is 3.58. The fourth-order valence-electron chi connectivity index (χ4n) is 2.09. The average Bonchev–Trinajstić information content (AvgIpc) is 2.26. The van der Waals surface area contributed by atoms with Crippen molar-refractivity contribution < 1.29 is 9.47 Å². The number of allylic oxidation sites excluding steroid dienone is 1. The lowest BCUT2D eigenvalue weighted by molar-refractivity contribution is -0.114. The van der Waals surface area contributed by atoms with Gasteiger partial charge in [0.1, 0.15) is 6.79 Å². The fourth-order valence-corrected chi connectivity index (χ4v) is 2.09. The maximum absolute atomic E-state index is 5.77. The van der Waals surface area contributed by atoms with Crippen LogP contribution in [0.2, 0.25) is 0 Å². The quantitative estimate of drug-likeness (QED) is 0.465. The molecule has 0 fully saturated rings. The van der Waals surface area contributed by atoms with Gasteiger partial charge in [-0.25, -0.2) is 0 Å². The Morgan fingerprint density at radius 2 is 1.62 bits per heavy atom. The summed E-state index contributed by atoms with van der Waals surface area (Å²) >= 11 is 0. The molecule has 0 aliphatic rings. The van der Waals surface area contributed by atoms with Crippen LogP contribution in [0.25, 0.3) is 0 Å². The molecule has 0 saturated heterocycles. The van der Waals surface area contributed by atoms with E-state index in [1.54, 1.807) is 7.11 Å². The summed E-state index contributed by atoms with van der Waals surface area (Å²) < 4.78 is 10.8. The highest BCUT2D eigenvalue weighted by Crippen LogP contribution is 2.29. The number of ether oxygens (including phenoxy) is 2. The van der Waals surface area contributed by atoms with Crippen LogP contribution in [0.5, 0.6) is 0 Å². The van der Waals surface area contributed by atoms with Crippen molar-refractivity contribution in [2.75, 3.05) is 13.9 Å². The summed E-state index contributed by atoms with van der Waals surface area (Å²) in [6.45, 7) is 15.4. The molecular weight excluding hydrogens is 200 g/mol. The first-order valence-electron chi connectivity index (χ1n) is 6.18. The van der Waals surface area contributed by atoms with Gasteiger partial charge in [0.2, 0.25) is 0 Å². The van der Waals surface area contributed by atoms with Crippen LogP contribution in [0.15, 0.2) is 12.7 Å². The van der Waals surface area contributed by atoms with Crippen LogP contribution in [0.4, 0.5) is 0 Å². The zero-order chi connectivity index (χ0) is 12.7. The topological polar surface area (TPSA) is 18.5 Å². The Morgan fingerprint density at radius 3 is 2.00 bits per heavy atom. The highest BCUT2D eigenvalue weighted by molar-refractivity contribution is 4.85. The lowest BCUT2D eigenvalue weighted by Crippen LogP contribution is -2.34. The van der Waals surface area contributed by atoms with E-state index in [0.717, 1.165) is 0 Å². The van der Waals surface area contributed by atoms with E-state index < -0.39 is 0 Å². The van der Waals surface area contributed by atoms with Crippen LogP contribution in [-0.2, 0) is 9.47 Å². The van der Waals surface area contributed by atoms with Gasteiger partial charge in [0, 0.05) is 7.11 Å². The molecule has 0 aromatic carbocycles. The number of rotatable bonds is 8. The minimum Gasteiger partial charge on any atom is -0.359 e. The van der Waals surface area contributed by atoms with E-state index in [1.807, 2.05) is 6.08 Å². The number of hydrogen-bond donors (Lipinski definition) is 0. The first-order valence-corrected chi connectivity index (χ1v) is 6.18. The van der Waals surface area contributed by atoms with E-state index >= 15 is 0 Å². The molecule has 4 atom stereocenters. The van der Waals surface area contributed by atoms with Gasteiger partial charge in [-0.05, 0) is 23.7 Å². The Kier molecular flexibility index (Phi) is 7.69. The van der Waals surface area contributed by atoms with E-state index in [0.29, 0.717) is 30.5 Å². The van der Waals surface area contributed by atoms with Gasteiger partial charge in [-0.3, -0.25) is 0 Å². The van der Waals surface area contributed by atoms with Crippen LogP contribution in [-0.4, -0.2) is 20.0 Å². The SMILES string of the molecule is C=C[C@H](C)[C@H](C)[C@@H](C)[C@@H](OCOC)C(C)C. The molecule has 2 nitrogen and oxygen atoms in total. The Labute approximate surface area is 101 Å². The first-order chi connectivity index (χ1) is 7.45. The smallest absolute Gasteiger partial charge is 0.146 e. The maximum Gasteiger partial charge on any atom is 0.146 e. The minimum absolute atomic E-state index is 0.248. The summed E-state index contributed by atoms with van der Waals surface area (Å²) in [5, 5.41) is 0. The summed E-state index contributed by atoms with van der Waals surface area (Å²) in [5.74, 6) is 2.09. The fraction of sp³-hybridized carbons (Fsp3) is 0.857. The van der Waals surface area contributed by atoms with Crippen LogP contribution >= 0.6 is 0 Å². The van der Waals surface area contributed by atoms with Crippen LogP contribution in [0, 0.1) is 23.7 Å². The van der Waals surface area contributed by atoms with Gasteiger partial charge in [-0.15, -0.1) is 6.58 Å². The van der Waals surface area contributed by atoms with Gasteiger partial charge in [0.25, 0.3) is 0 Å². The van der Waals surface area contributed by atoms with Crippen molar-refractivity contribution in [1.82, 2.24) is 0 Å². The Bertz CT molecular complexity index is 189.